The van der Waals surface area contributed by atoms with Gasteiger partial charge in [-0.1, -0.05) is 13.0 Å². The molecular weight excluding hydrogens is 473 g/mol. The summed E-state index contributed by atoms with van der Waals surface area (Å²) < 4.78 is 1.77. The van der Waals surface area contributed by atoms with Crippen LogP contribution in [0.2, 0.25) is 0 Å². The summed E-state index contributed by atoms with van der Waals surface area (Å²) in [5.41, 5.74) is 0. The number of hydrogen-bond acceptors (Lipinski definition) is 5. The van der Waals surface area contributed by atoms with Gasteiger partial charge < -0.3 is 10.6 Å². The summed E-state index contributed by atoms with van der Waals surface area (Å²) >= 11 is 1.83. The van der Waals surface area contributed by atoms with Gasteiger partial charge in [-0.3, -0.25) is 14.6 Å². The highest BCUT2D eigenvalue weighted by Gasteiger charge is 2.25. The van der Waals surface area contributed by atoms with Crippen molar-refractivity contribution in [2.45, 2.75) is 32.4 Å². The van der Waals surface area contributed by atoms with Crippen LogP contribution in [0.4, 0.5) is 0 Å². The molecule has 1 atom stereocenters. The van der Waals surface area contributed by atoms with Crippen LogP contribution in [0.3, 0.4) is 0 Å². The van der Waals surface area contributed by atoms with Gasteiger partial charge in [0.25, 0.3) is 0 Å². The van der Waals surface area contributed by atoms with E-state index in [-0.39, 0.29) is 24.0 Å². The molecule has 0 spiro atoms. The van der Waals surface area contributed by atoms with E-state index in [1.54, 1.807) is 18.1 Å². The molecule has 27 heavy (non-hydrogen) atoms. The minimum absolute atomic E-state index is 0. The summed E-state index contributed by atoms with van der Waals surface area (Å²) in [6.07, 6.45) is 4.12. The molecule has 0 radical (unpaired) electrons. The molecule has 7 nitrogen and oxygen atoms in total. The first-order chi connectivity index (χ1) is 12.7. The predicted molar refractivity (Wildman–Crippen MR) is 122 cm³/mol. The first-order valence-electron chi connectivity index (χ1n) is 9.22. The molecule has 3 rings (SSSR count). The van der Waals surface area contributed by atoms with Crippen molar-refractivity contribution in [2.24, 2.45) is 18.0 Å². The van der Waals surface area contributed by atoms with Crippen LogP contribution in [0.15, 0.2) is 28.8 Å². The summed E-state index contributed by atoms with van der Waals surface area (Å²) in [5.74, 6) is 2.51. The fraction of sp³-hybridized carbons (Fsp3) is 0.611. The molecule has 2 N–H and O–H groups in total. The normalized spacial score (nSPS) is 17.4. The monoisotopic (exact) mass is 503 g/mol. The van der Waals surface area contributed by atoms with Crippen LogP contribution in [-0.4, -0.2) is 52.3 Å². The Morgan fingerprint density at radius 3 is 2.74 bits per heavy atom. The van der Waals surface area contributed by atoms with Gasteiger partial charge in [-0.15, -0.1) is 35.3 Å². The third-order valence-corrected chi connectivity index (χ3v) is 6.01. The number of hydrogen-bond donors (Lipinski definition) is 2. The number of nitrogens with one attached hydrogen (secondary N) is 2. The van der Waals surface area contributed by atoms with Gasteiger partial charge in [0.2, 0.25) is 0 Å². The van der Waals surface area contributed by atoms with Crippen LogP contribution in [0.5, 0.6) is 0 Å². The van der Waals surface area contributed by atoms with E-state index in [1.165, 1.54) is 17.7 Å². The van der Waals surface area contributed by atoms with Crippen molar-refractivity contribution in [3.05, 3.63) is 34.5 Å². The molecule has 3 heterocycles. The number of aliphatic imine (C=N–C) groups is 1. The highest BCUT2D eigenvalue weighted by molar-refractivity contribution is 14.0. The van der Waals surface area contributed by atoms with E-state index in [4.69, 9.17) is 0 Å². The Morgan fingerprint density at radius 2 is 2.15 bits per heavy atom. The first-order valence-corrected chi connectivity index (χ1v) is 10.1. The maximum Gasteiger partial charge on any atom is 0.191 e. The van der Waals surface area contributed by atoms with Crippen LogP contribution >= 0.6 is 35.3 Å². The number of thiophene rings is 1. The summed E-state index contributed by atoms with van der Waals surface area (Å²) in [4.78, 5) is 12.6. The topological polar surface area (TPSA) is 70.4 Å². The Labute approximate surface area is 182 Å². The van der Waals surface area contributed by atoms with Crippen molar-refractivity contribution in [3.8, 4) is 0 Å². The van der Waals surface area contributed by atoms with Gasteiger partial charge in [-0.2, -0.15) is 5.10 Å². The average Bonchev–Trinajstić information content (AvgIpc) is 3.31. The third kappa shape index (κ3) is 6.15. The van der Waals surface area contributed by atoms with E-state index in [1.807, 2.05) is 18.4 Å². The van der Waals surface area contributed by atoms with E-state index in [0.717, 1.165) is 37.3 Å². The number of likely N-dealkylation sites (tertiary alicyclic amines) is 1. The Balaban J connectivity index is 0.00000261. The highest BCUT2D eigenvalue weighted by atomic mass is 127. The van der Waals surface area contributed by atoms with Crippen LogP contribution in [-0.2, 0) is 13.6 Å². The number of aryl methyl sites for hydroxylation is 1. The molecular formula is C18H30IN7S. The van der Waals surface area contributed by atoms with Crippen molar-refractivity contribution < 1.29 is 0 Å². The second kappa shape index (κ2) is 11.0. The van der Waals surface area contributed by atoms with E-state index >= 15 is 0 Å². The van der Waals surface area contributed by atoms with E-state index in [2.05, 4.69) is 55.0 Å². The van der Waals surface area contributed by atoms with Gasteiger partial charge in [-0.05, 0) is 43.3 Å². The molecule has 2 aromatic heterocycles. The zero-order chi connectivity index (χ0) is 18.4. The van der Waals surface area contributed by atoms with Crippen LogP contribution < -0.4 is 10.6 Å². The number of guanidine groups is 1. The lowest BCUT2D eigenvalue weighted by Crippen LogP contribution is -2.44. The molecule has 0 amide bonds. The molecule has 1 saturated heterocycles. The van der Waals surface area contributed by atoms with Crippen molar-refractivity contribution in [2.75, 3.05) is 26.7 Å². The molecule has 0 saturated carbocycles. The second-order valence-electron chi connectivity index (χ2n) is 6.86. The second-order valence-corrected chi connectivity index (χ2v) is 7.84. The largest absolute Gasteiger partial charge is 0.354 e. The van der Waals surface area contributed by atoms with E-state index < -0.39 is 0 Å². The third-order valence-electron chi connectivity index (χ3n) is 5.04. The van der Waals surface area contributed by atoms with Gasteiger partial charge in [0, 0.05) is 25.5 Å². The van der Waals surface area contributed by atoms with Gasteiger partial charge in [0.1, 0.15) is 12.2 Å². The summed E-state index contributed by atoms with van der Waals surface area (Å²) in [6.45, 7) is 6.12. The lowest BCUT2D eigenvalue weighted by molar-refractivity contribution is 0.140. The molecule has 1 aliphatic rings. The minimum atomic E-state index is 0. The van der Waals surface area contributed by atoms with Crippen LogP contribution in [0.25, 0.3) is 0 Å². The number of rotatable bonds is 6. The molecule has 1 aliphatic heterocycles. The maximum atomic E-state index is 4.35. The standard InChI is InChI=1S/C18H29N7S.HI/c1-14-6-8-25(9-7-14)15(16-5-4-10-26-16)11-20-18(19-2)21-12-17-22-13-23-24(17)3;/h4-5,10,13-15H,6-9,11-12H2,1-3H3,(H2,19,20,21);1H. The SMILES string of the molecule is CN=C(NCc1ncnn1C)NCC(c1cccs1)N1CCC(C)CC1.I. The Morgan fingerprint density at radius 1 is 1.37 bits per heavy atom. The van der Waals surface area contributed by atoms with Crippen molar-refractivity contribution in [1.29, 1.82) is 0 Å². The summed E-state index contributed by atoms with van der Waals surface area (Å²) in [7, 11) is 3.69. The molecule has 150 valence electrons. The van der Waals surface area contributed by atoms with E-state index in [0.29, 0.717) is 12.6 Å². The fourth-order valence-corrected chi connectivity index (χ4v) is 4.15. The quantitative estimate of drug-likeness (QED) is 0.361. The van der Waals surface area contributed by atoms with Crippen molar-refractivity contribution in [1.82, 2.24) is 30.3 Å². The Bertz CT molecular complexity index is 692. The van der Waals surface area contributed by atoms with Gasteiger partial charge >= 0.3 is 0 Å². The lowest BCUT2D eigenvalue weighted by Gasteiger charge is -2.36. The van der Waals surface area contributed by atoms with Crippen molar-refractivity contribution in [3.63, 3.8) is 0 Å². The highest BCUT2D eigenvalue weighted by Crippen LogP contribution is 2.28. The molecule has 1 unspecified atom stereocenters. The summed E-state index contributed by atoms with van der Waals surface area (Å²) in [6, 6.07) is 4.77. The van der Waals surface area contributed by atoms with Gasteiger partial charge in [-0.25, -0.2) is 4.98 Å². The van der Waals surface area contributed by atoms with Gasteiger partial charge in [0.15, 0.2) is 5.96 Å². The molecule has 2 aromatic rings. The Kier molecular flexibility index (Phi) is 8.97. The smallest absolute Gasteiger partial charge is 0.191 e. The Hall–Kier alpha value is -1.20. The summed E-state index contributed by atoms with van der Waals surface area (Å²) in [5, 5.41) is 13.1. The molecule has 0 aromatic carbocycles. The van der Waals surface area contributed by atoms with Crippen LogP contribution in [0, 0.1) is 5.92 Å². The number of aromatic nitrogens is 3. The molecule has 0 bridgehead atoms. The molecule has 1 fully saturated rings. The van der Waals surface area contributed by atoms with E-state index in [9.17, 15) is 0 Å². The number of nitrogens with zero attached hydrogens (tertiary/aromatic N) is 5. The molecule has 9 heteroatoms. The first kappa shape index (κ1) is 22.1. The van der Waals surface area contributed by atoms with Crippen LogP contribution in [0.1, 0.15) is 36.5 Å². The fourth-order valence-electron chi connectivity index (χ4n) is 3.29. The lowest BCUT2D eigenvalue weighted by atomic mass is 9.97. The predicted octanol–water partition coefficient (Wildman–Crippen LogP) is 2.63. The zero-order valence-electron chi connectivity index (χ0n) is 16.3. The number of halogens is 1. The number of piperidine rings is 1. The minimum Gasteiger partial charge on any atom is -0.354 e. The molecule has 0 aliphatic carbocycles. The van der Waals surface area contributed by atoms with Crippen molar-refractivity contribution >= 4 is 41.3 Å². The zero-order valence-corrected chi connectivity index (χ0v) is 19.4. The maximum absolute atomic E-state index is 4.35. The van der Waals surface area contributed by atoms with Gasteiger partial charge in [0.05, 0.1) is 12.6 Å². The average molecular weight is 503 g/mol.